The van der Waals surface area contributed by atoms with Crippen LogP contribution in [0.25, 0.3) is 23.0 Å². The Balaban J connectivity index is 1.54. The van der Waals surface area contributed by atoms with E-state index in [1.54, 1.807) is 19.1 Å². The van der Waals surface area contributed by atoms with Crippen LogP contribution in [0.1, 0.15) is 29.2 Å². The summed E-state index contributed by atoms with van der Waals surface area (Å²) in [6.45, 7) is 4.08. The third-order valence-electron chi connectivity index (χ3n) is 6.28. The van der Waals surface area contributed by atoms with Gasteiger partial charge in [0.1, 0.15) is 6.54 Å². The third kappa shape index (κ3) is 4.68. The molecule has 1 fully saturated rings. The normalized spacial score (nSPS) is 17.6. The first-order valence-electron chi connectivity index (χ1n) is 11.4. The Bertz CT molecular complexity index is 1560. The van der Waals surface area contributed by atoms with Crippen LogP contribution in [-0.4, -0.2) is 61.5 Å². The summed E-state index contributed by atoms with van der Waals surface area (Å²) in [6, 6.07) is 1.84. The topological polar surface area (TPSA) is 105 Å². The molecule has 38 heavy (non-hydrogen) atoms. The van der Waals surface area contributed by atoms with Crippen LogP contribution < -0.4 is 9.47 Å². The van der Waals surface area contributed by atoms with E-state index < -0.39 is 18.7 Å². The third-order valence-corrected chi connectivity index (χ3v) is 6.28. The fraction of sp³-hybridized carbons (Fsp3) is 0.333. The number of hydrogen-bond donors (Lipinski definition) is 0. The number of aryl methyl sites for hydroxylation is 1. The van der Waals surface area contributed by atoms with Crippen molar-refractivity contribution in [2.24, 2.45) is 10.9 Å². The first-order chi connectivity index (χ1) is 18.1. The Morgan fingerprint density at radius 2 is 2.00 bits per heavy atom. The summed E-state index contributed by atoms with van der Waals surface area (Å²) in [7, 11) is 2.85. The van der Waals surface area contributed by atoms with Gasteiger partial charge in [-0.3, -0.25) is 9.67 Å². The molecule has 0 N–H and O–H groups in total. The van der Waals surface area contributed by atoms with Crippen LogP contribution in [0.5, 0.6) is 11.9 Å². The number of halogens is 4. The van der Waals surface area contributed by atoms with Gasteiger partial charge in [0, 0.05) is 23.4 Å². The van der Waals surface area contributed by atoms with Crippen molar-refractivity contribution in [1.29, 1.82) is 0 Å². The monoisotopic (exact) mass is 530 g/mol. The second-order valence-corrected chi connectivity index (χ2v) is 8.74. The van der Waals surface area contributed by atoms with Crippen LogP contribution in [0.2, 0.25) is 0 Å². The van der Waals surface area contributed by atoms with Crippen molar-refractivity contribution in [3.8, 4) is 23.1 Å². The number of nitrogens with zero attached hydrogens (tertiary/aromatic N) is 8. The van der Waals surface area contributed by atoms with Crippen LogP contribution in [0, 0.1) is 18.8 Å². The molecule has 4 heterocycles. The molecular weight excluding hydrogens is 508 g/mol. The lowest BCUT2D eigenvalue weighted by atomic mass is 10.1. The maximum absolute atomic E-state index is 14.6. The predicted octanol–water partition coefficient (Wildman–Crippen LogP) is 4.26. The second-order valence-electron chi connectivity index (χ2n) is 8.74. The van der Waals surface area contributed by atoms with Gasteiger partial charge in [0.05, 0.1) is 43.6 Å². The fourth-order valence-electron chi connectivity index (χ4n) is 4.40. The Morgan fingerprint density at radius 3 is 2.68 bits per heavy atom. The van der Waals surface area contributed by atoms with E-state index in [1.807, 2.05) is 0 Å². The van der Waals surface area contributed by atoms with Gasteiger partial charge < -0.3 is 9.47 Å². The number of aliphatic imine (C=N–C) groups is 1. The van der Waals surface area contributed by atoms with E-state index in [2.05, 4.69) is 36.9 Å². The molecule has 0 radical (unpaired) electrons. The highest BCUT2D eigenvalue weighted by Crippen LogP contribution is 2.54. The van der Waals surface area contributed by atoms with E-state index in [1.165, 1.54) is 26.6 Å². The van der Waals surface area contributed by atoms with Gasteiger partial charge in [-0.2, -0.15) is 37.3 Å². The molecule has 10 nitrogen and oxygen atoms in total. The molecular formula is C24H22F4N8O2. The van der Waals surface area contributed by atoms with E-state index in [0.29, 0.717) is 45.8 Å². The quantitative estimate of drug-likeness (QED) is 0.248. The number of methoxy groups -OCH3 is 2. The van der Waals surface area contributed by atoms with Crippen molar-refractivity contribution in [1.82, 2.24) is 34.3 Å². The second kappa shape index (κ2) is 9.50. The molecule has 1 aliphatic rings. The minimum atomic E-state index is -4.43. The van der Waals surface area contributed by atoms with Crippen LogP contribution in [0.3, 0.4) is 0 Å². The number of aromatic nitrogens is 7. The summed E-state index contributed by atoms with van der Waals surface area (Å²) >= 11 is 0. The molecule has 14 heteroatoms. The summed E-state index contributed by atoms with van der Waals surface area (Å²) in [5, 5.41) is 8.21. The molecule has 0 aliphatic heterocycles. The zero-order chi connectivity index (χ0) is 27.2. The van der Waals surface area contributed by atoms with Crippen molar-refractivity contribution in [2.45, 2.75) is 32.0 Å². The van der Waals surface area contributed by atoms with Gasteiger partial charge in [-0.15, -0.1) is 0 Å². The summed E-state index contributed by atoms with van der Waals surface area (Å²) in [4.78, 5) is 16.6. The fourth-order valence-corrected chi connectivity index (χ4v) is 4.40. The Kier molecular flexibility index (Phi) is 6.33. The van der Waals surface area contributed by atoms with Crippen LogP contribution in [0.4, 0.5) is 17.6 Å². The number of ether oxygens (including phenoxy) is 2. The van der Waals surface area contributed by atoms with Crippen LogP contribution in [-0.2, 0) is 6.54 Å². The van der Waals surface area contributed by atoms with Gasteiger partial charge in [0.15, 0.2) is 5.65 Å². The van der Waals surface area contributed by atoms with E-state index in [-0.39, 0.29) is 23.7 Å². The smallest absolute Gasteiger partial charge is 0.408 e. The minimum Gasteiger partial charge on any atom is -0.480 e. The maximum Gasteiger partial charge on any atom is 0.408 e. The zero-order valence-corrected chi connectivity index (χ0v) is 20.6. The number of imidazole rings is 1. The SMILES string of the molecule is C=N/C(=C\c1c(C)cnn1CC(F)(F)F)[C@H]1C[C@@H]1c1cc(-c2cnc(OC)nc2OC)nn2c(F)cnc12. The summed E-state index contributed by atoms with van der Waals surface area (Å²) < 4.78 is 66.1. The molecule has 1 saturated carbocycles. The predicted molar refractivity (Wildman–Crippen MR) is 128 cm³/mol. The highest BCUT2D eigenvalue weighted by atomic mass is 19.4. The van der Waals surface area contributed by atoms with E-state index in [0.717, 1.165) is 15.4 Å². The molecule has 0 amide bonds. The van der Waals surface area contributed by atoms with Crippen molar-refractivity contribution in [2.75, 3.05) is 14.2 Å². The lowest BCUT2D eigenvalue weighted by Gasteiger charge is -2.11. The number of allylic oxidation sites excluding steroid dienone is 1. The van der Waals surface area contributed by atoms with E-state index >= 15 is 0 Å². The molecule has 198 valence electrons. The van der Waals surface area contributed by atoms with Gasteiger partial charge in [-0.05, 0) is 43.7 Å². The van der Waals surface area contributed by atoms with Gasteiger partial charge in [-0.1, -0.05) is 0 Å². The van der Waals surface area contributed by atoms with Gasteiger partial charge in [0.25, 0.3) is 0 Å². The number of rotatable bonds is 8. The molecule has 0 saturated heterocycles. The minimum absolute atomic E-state index is 0.0925. The molecule has 0 bridgehead atoms. The Labute approximate surface area is 213 Å². The zero-order valence-electron chi connectivity index (χ0n) is 20.6. The standard InChI is InChI=1S/C24H22F4N8O2/c1-12-8-32-35(11-24(26,27)28)19(12)7-17(29-2)14-5-13(14)15-6-18(34-36-20(25)10-30-21(15)36)16-9-31-23(38-4)33-22(16)37-3/h6-10,13-14H,2,5,11H2,1,3-4H3/b17-7-/t13-,14-/m0/s1. The lowest BCUT2D eigenvalue weighted by molar-refractivity contribution is -0.142. The molecule has 0 spiro atoms. The molecule has 0 aromatic carbocycles. The largest absolute Gasteiger partial charge is 0.480 e. The average Bonchev–Trinajstić information content (AvgIpc) is 3.50. The van der Waals surface area contributed by atoms with E-state index in [9.17, 15) is 17.6 Å². The average molecular weight is 530 g/mol. The van der Waals surface area contributed by atoms with Crippen molar-refractivity contribution >= 4 is 18.4 Å². The number of fused-ring (bicyclic) bond motifs is 1. The van der Waals surface area contributed by atoms with E-state index in [4.69, 9.17) is 9.47 Å². The Hall–Kier alpha value is -4.36. The van der Waals surface area contributed by atoms with Gasteiger partial charge >= 0.3 is 12.2 Å². The molecule has 5 rings (SSSR count). The van der Waals surface area contributed by atoms with Gasteiger partial charge in [0.2, 0.25) is 11.8 Å². The summed E-state index contributed by atoms with van der Waals surface area (Å²) in [6.07, 6.45) is 1.64. The van der Waals surface area contributed by atoms with Crippen LogP contribution >= 0.6 is 0 Å². The summed E-state index contributed by atoms with van der Waals surface area (Å²) in [5.41, 5.74) is 3.10. The van der Waals surface area contributed by atoms with Crippen molar-refractivity contribution in [3.63, 3.8) is 0 Å². The highest BCUT2D eigenvalue weighted by Gasteiger charge is 2.43. The van der Waals surface area contributed by atoms with Crippen molar-refractivity contribution in [3.05, 3.63) is 53.1 Å². The summed E-state index contributed by atoms with van der Waals surface area (Å²) in [5.74, 6) is -0.835. The Morgan fingerprint density at radius 1 is 1.21 bits per heavy atom. The lowest BCUT2D eigenvalue weighted by Crippen LogP contribution is -2.19. The molecule has 0 unspecified atom stereocenters. The molecule has 4 aromatic heterocycles. The van der Waals surface area contributed by atoms with Crippen molar-refractivity contribution < 1.29 is 27.0 Å². The molecule has 4 aromatic rings. The number of hydrogen-bond acceptors (Lipinski definition) is 8. The number of alkyl halides is 3. The maximum atomic E-state index is 14.6. The first kappa shape index (κ1) is 25.3. The molecule has 1 aliphatic carbocycles. The first-order valence-corrected chi connectivity index (χ1v) is 11.4. The molecule has 2 atom stereocenters. The highest BCUT2D eigenvalue weighted by molar-refractivity contribution is 5.68. The van der Waals surface area contributed by atoms with Crippen LogP contribution in [0.15, 0.2) is 35.3 Å². The van der Waals surface area contributed by atoms with Gasteiger partial charge in [-0.25, -0.2) is 9.97 Å².